The minimum Gasteiger partial charge on any atom is -0.497 e. The third kappa shape index (κ3) is 5.99. The number of aliphatic imine (C=N–C) groups is 1. The van der Waals surface area contributed by atoms with Crippen molar-refractivity contribution in [3.63, 3.8) is 0 Å². The van der Waals surface area contributed by atoms with Gasteiger partial charge >= 0.3 is 6.09 Å². The highest BCUT2D eigenvalue weighted by molar-refractivity contribution is 9.10. The molecule has 210 valence electrons. The summed E-state index contributed by atoms with van der Waals surface area (Å²) < 4.78 is 17.7. The van der Waals surface area contributed by atoms with Gasteiger partial charge in [-0.05, 0) is 75.9 Å². The monoisotopic (exact) mass is 599 g/mol. The lowest BCUT2D eigenvalue weighted by molar-refractivity contribution is -0.133. The first-order chi connectivity index (χ1) is 18.4. The first kappa shape index (κ1) is 29.1. The Kier molecular flexibility index (Phi) is 8.42. The van der Waals surface area contributed by atoms with E-state index in [4.69, 9.17) is 14.2 Å². The maximum absolute atomic E-state index is 13.8. The van der Waals surface area contributed by atoms with Crippen LogP contribution in [-0.2, 0) is 26.4 Å². The van der Waals surface area contributed by atoms with E-state index in [1.165, 1.54) is 4.90 Å². The predicted molar refractivity (Wildman–Crippen MR) is 154 cm³/mol. The van der Waals surface area contributed by atoms with E-state index in [1.807, 2.05) is 36.4 Å². The Morgan fingerprint density at radius 2 is 1.79 bits per heavy atom. The molecule has 1 atom stereocenters. The number of benzene rings is 2. The largest absolute Gasteiger partial charge is 0.497 e. The number of halogens is 1. The molecule has 9 heteroatoms. The Balaban J connectivity index is 1.98. The summed E-state index contributed by atoms with van der Waals surface area (Å²) >= 11 is 3.66. The van der Waals surface area contributed by atoms with E-state index in [-0.39, 0.29) is 11.9 Å². The molecule has 0 N–H and O–H groups in total. The molecule has 2 fully saturated rings. The van der Waals surface area contributed by atoms with Crippen LogP contribution in [0.2, 0.25) is 0 Å². The Bertz CT molecular complexity index is 1230. The number of rotatable bonds is 4. The van der Waals surface area contributed by atoms with Crippen molar-refractivity contribution in [2.75, 3.05) is 27.4 Å². The van der Waals surface area contributed by atoms with Gasteiger partial charge < -0.3 is 19.1 Å². The first-order valence-corrected chi connectivity index (χ1v) is 14.0. The summed E-state index contributed by atoms with van der Waals surface area (Å²) in [4.78, 5) is 35.0. The summed E-state index contributed by atoms with van der Waals surface area (Å²) in [6, 6.07) is 16.0. The van der Waals surface area contributed by atoms with Crippen molar-refractivity contribution in [1.29, 1.82) is 0 Å². The Morgan fingerprint density at radius 3 is 2.38 bits per heavy atom. The molecule has 1 spiro atoms. The van der Waals surface area contributed by atoms with Crippen LogP contribution in [0.4, 0.5) is 4.79 Å². The minimum absolute atomic E-state index is 0.0994. The topological polar surface area (TPSA) is 80.7 Å². The normalized spacial score (nSPS) is 22.6. The second-order valence-corrected chi connectivity index (χ2v) is 12.3. The average Bonchev–Trinajstić information content (AvgIpc) is 2.94. The molecule has 0 aromatic heterocycles. The van der Waals surface area contributed by atoms with E-state index in [2.05, 4.69) is 44.9 Å². The molecule has 2 aromatic carbocycles. The van der Waals surface area contributed by atoms with Crippen LogP contribution in [0.5, 0.6) is 5.75 Å². The average molecular weight is 601 g/mol. The van der Waals surface area contributed by atoms with Crippen LogP contribution in [0.1, 0.15) is 58.1 Å². The van der Waals surface area contributed by atoms with Crippen molar-refractivity contribution in [3.05, 3.63) is 64.1 Å². The fourth-order valence-corrected chi connectivity index (χ4v) is 6.08. The molecular formula is C30H38BrN3O5. The molecular weight excluding hydrogens is 562 g/mol. The highest BCUT2D eigenvalue weighted by Gasteiger charge is 2.58. The van der Waals surface area contributed by atoms with Gasteiger partial charge in [-0.3, -0.25) is 9.69 Å². The third-order valence-electron chi connectivity index (χ3n) is 7.90. The zero-order valence-corrected chi connectivity index (χ0v) is 25.2. The second-order valence-electron chi connectivity index (χ2n) is 11.4. The predicted octanol–water partition coefficient (Wildman–Crippen LogP) is 6.13. The Hall–Kier alpha value is -2.91. The van der Waals surface area contributed by atoms with Gasteiger partial charge in [-0.25, -0.2) is 4.79 Å². The number of methoxy groups -OCH3 is 1. The van der Waals surface area contributed by atoms with Gasteiger partial charge in [0.05, 0.1) is 12.6 Å². The summed E-state index contributed by atoms with van der Waals surface area (Å²) in [5.74, 6) is 0.911. The van der Waals surface area contributed by atoms with Gasteiger partial charge in [0.25, 0.3) is 0 Å². The number of carbonyl (C=O) groups excluding carboxylic acids is 2. The van der Waals surface area contributed by atoms with Gasteiger partial charge in [0.2, 0.25) is 11.9 Å². The maximum Gasteiger partial charge on any atom is 0.437 e. The number of hydrogen-bond donors (Lipinski definition) is 0. The highest BCUT2D eigenvalue weighted by atomic mass is 79.9. The van der Waals surface area contributed by atoms with Gasteiger partial charge in [0, 0.05) is 43.1 Å². The van der Waals surface area contributed by atoms with Gasteiger partial charge in [0.15, 0.2) is 0 Å². The maximum atomic E-state index is 13.8. The zero-order valence-electron chi connectivity index (χ0n) is 23.6. The fraction of sp³-hybridized carbons (Fsp3) is 0.500. The number of nitrogens with zero attached hydrogens (tertiary/aromatic N) is 3. The van der Waals surface area contributed by atoms with E-state index in [0.29, 0.717) is 39.0 Å². The van der Waals surface area contributed by atoms with Crippen molar-refractivity contribution >= 4 is 33.9 Å². The van der Waals surface area contributed by atoms with Crippen LogP contribution in [0.25, 0.3) is 0 Å². The molecule has 0 radical (unpaired) electrons. The molecule has 2 aliphatic heterocycles. The van der Waals surface area contributed by atoms with Crippen LogP contribution in [0, 0.1) is 5.41 Å². The van der Waals surface area contributed by atoms with Crippen molar-refractivity contribution in [3.8, 4) is 5.75 Å². The van der Waals surface area contributed by atoms with Gasteiger partial charge in [0.1, 0.15) is 11.4 Å². The summed E-state index contributed by atoms with van der Waals surface area (Å²) in [5.41, 5.74) is 0.0628. The van der Waals surface area contributed by atoms with E-state index in [0.717, 1.165) is 21.3 Å². The van der Waals surface area contributed by atoms with E-state index in [9.17, 15) is 9.59 Å². The molecule has 2 aliphatic rings. The number of guanidine groups is 1. The van der Waals surface area contributed by atoms with Gasteiger partial charge in [-0.15, -0.1) is 4.99 Å². The van der Waals surface area contributed by atoms with Crippen LogP contribution in [-0.4, -0.2) is 60.7 Å². The molecule has 2 aromatic rings. The van der Waals surface area contributed by atoms with Crippen LogP contribution < -0.4 is 4.74 Å². The smallest absolute Gasteiger partial charge is 0.437 e. The molecule has 4 rings (SSSR count). The summed E-state index contributed by atoms with van der Waals surface area (Å²) in [6.07, 6.45) is 0.932. The number of ether oxygens (including phenoxy) is 3. The Morgan fingerprint density at radius 1 is 1.13 bits per heavy atom. The zero-order chi connectivity index (χ0) is 28.4. The lowest BCUT2D eigenvalue weighted by Crippen LogP contribution is -2.59. The van der Waals surface area contributed by atoms with E-state index >= 15 is 0 Å². The number of hydrogen-bond acceptors (Lipinski definition) is 5. The molecule has 2 amide bonds. The number of carbonyl (C=O) groups is 2. The van der Waals surface area contributed by atoms with Crippen LogP contribution in [0.15, 0.2) is 58.0 Å². The molecule has 0 saturated carbocycles. The standard InChI is InChI=1S/C30H38BrN3O5/c1-28(2,3)39-27(36)32-26-33(5)25(35)19-30(14-16-38-17-15-30)29(4,22-8-7-9-23(31)18-22)34(26)20-21-10-12-24(37-6)13-11-21/h7-13,18H,14-17,19-20H2,1-6H3/b32-26+. The fourth-order valence-electron chi connectivity index (χ4n) is 5.68. The first-order valence-electron chi connectivity index (χ1n) is 13.2. The van der Waals surface area contributed by atoms with Gasteiger partial charge in [-0.2, -0.15) is 0 Å². The SMILES string of the molecule is COc1ccc(CN2/C(=N/C(=O)OC(C)(C)C)N(C)C(=O)CC3(CCOCC3)C2(C)c2cccc(Br)c2)cc1. The molecule has 1 unspecified atom stereocenters. The molecule has 2 heterocycles. The van der Waals surface area contributed by atoms with Crippen molar-refractivity contribution in [2.24, 2.45) is 10.4 Å². The summed E-state index contributed by atoms with van der Waals surface area (Å²) in [7, 11) is 3.32. The molecule has 0 bridgehead atoms. The molecule has 39 heavy (non-hydrogen) atoms. The minimum atomic E-state index is -0.739. The van der Waals surface area contributed by atoms with Crippen molar-refractivity contribution in [1.82, 2.24) is 9.80 Å². The van der Waals surface area contributed by atoms with Crippen LogP contribution >= 0.6 is 15.9 Å². The van der Waals surface area contributed by atoms with Crippen molar-refractivity contribution in [2.45, 2.75) is 64.6 Å². The molecule has 2 saturated heterocycles. The van der Waals surface area contributed by atoms with E-state index < -0.39 is 22.6 Å². The van der Waals surface area contributed by atoms with Gasteiger partial charge in [-0.1, -0.05) is 40.2 Å². The molecule has 8 nitrogen and oxygen atoms in total. The quantitative estimate of drug-likeness (QED) is 0.421. The summed E-state index contributed by atoms with van der Waals surface area (Å²) in [5, 5.41) is 0. The lowest BCUT2D eigenvalue weighted by atomic mass is 9.60. The Labute approximate surface area is 239 Å². The van der Waals surface area contributed by atoms with Crippen LogP contribution in [0.3, 0.4) is 0 Å². The van der Waals surface area contributed by atoms with Crippen molar-refractivity contribution < 1.29 is 23.8 Å². The summed E-state index contributed by atoms with van der Waals surface area (Å²) in [6.45, 7) is 9.06. The molecule has 0 aliphatic carbocycles. The third-order valence-corrected chi connectivity index (χ3v) is 8.39. The highest BCUT2D eigenvalue weighted by Crippen LogP contribution is 2.55. The van der Waals surface area contributed by atoms with E-state index in [1.54, 1.807) is 34.9 Å². The number of amides is 2. The second kappa shape index (κ2) is 11.3. The lowest BCUT2D eigenvalue weighted by Gasteiger charge is -2.55.